The van der Waals surface area contributed by atoms with Crippen molar-refractivity contribution in [3.05, 3.63) is 25.3 Å². The quantitative estimate of drug-likeness (QED) is 0.713. The van der Waals surface area contributed by atoms with Crippen LogP contribution in [0.25, 0.3) is 0 Å². The smallest absolute Gasteiger partial charge is 0.252 e. The van der Waals surface area contributed by atoms with Crippen LogP contribution in [0.3, 0.4) is 0 Å². The molecule has 1 amide bonds. The molecule has 2 saturated heterocycles. The molecule has 0 aromatic carbocycles. The molecule has 0 aromatic heterocycles. The predicted molar refractivity (Wildman–Crippen MR) is 76.9 cm³/mol. The molecule has 0 aliphatic carbocycles. The minimum atomic E-state index is -0.221. The van der Waals surface area contributed by atoms with Gasteiger partial charge in [0.1, 0.15) is 6.10 Å². The van der Waals surface area contributed by atoms with Gasteiger partial charge in [0, 0.05) is 18.7 Å². The molecule has 3 nitrogen and oxygen atoms in total. The van der Waals surface area contributed by atoms with Crippen molar-refractivity contribution in [3.63, 3.8) is 0 Å². The maximum Gasteiger partial charge on any atom is 0.252 e. The SMILES string of the molecule is C=CCC1(CC=C)CCCN1C(=O)C1CCCCO1. The van der Waals surface area contributed by atoms with E-state index in [-0.39, 0.29) is 17.6 Å². The fourth-order valence-electron chi connectivity index (χ4n) is 3.44. The van der Waals surface area contributed by atoms with Crippen molar-refractivity contribution in [1.82, 2.24) is 4.90 Å². The summed E-state index contributed by atoms with van der Waals surface area (Å²) in [5.41, 5.74) is -0.0958. The molecule has 0 bridgehead atoms. The molecule has 1 atom stereocenters. The van der Waals surface area contributed by atoms with Gasteiger partial charge in [-0.05, 0) is 44.9 Å². The van der Waals surface area contributed by atoms with Crippen LogP contribution >= 0.6 is 0 Å². The third kappa shape index (κ3) is 2.92. The highest BCUT2D eigenvalue weighted by Gasteiger charge is 2.43. The first-order chi connectivity index (χ1) is 9.23. The van der Waals surface area contributed by atoms with Gasteiger partial charge in [-0.1, -0.05) is 12.2 Å². The number of carbonyl (C=O) groups excluding carboxylic acids is 1. The van der Waals surface area contributed by atoms with Gasteiger partial charge < -0.3 is 9.64 Å². The Morgan fingerprint density at radius 1 is 1.26 bits per heavy atom. The van der Waals surface area contributed by atoms with Gasteiger partial charge in [0.15, 0.2) is 0 Å². The summed E-state index contributed by atoms with van der Waals surface area (Å²) in [6, 6.07) is 0. The Morgan fingerprint density at radius 2 is 2.00 bits per heavy atom. The lowest BCUT2D eigenvalue weighted by atomic mass is 9.87. The van der Waals surface area contributed by atoms with Crippen molar-refractivity contribution in [3.8, 4) is 0 Å². The van der Waals surface area contributed by atoms with Crippen LogP contribution in [0, 0.1) is 0 Å². The van der Waals surface area contributed by atoms with Crippen LogP contribution in [0.1, 0.15) is 44.9 Å². The lowest BCUT2D eigenvalue weighted by molar-refractivity contribution is -0.150. The summed E-state index contributed by atoms with van der Waals surface area (Å²) in [5.74, 6) is 0.181. The highest BCUT2D eigenvalue weighted by Crippen LogP contribution is 2.37. The van der Waals surface area contributed by atoms with E-state index in [1.807, 2.05) is 17.1 Å². The molecule has 0 saturated carbocycles. The van der Waals surface area contributed by atoms with Gasteiger partial charge in [0.2, 0.25) is 0 Å². The zero-order valence-electron chi connectivity index (χ0n) is 11.8. The maximum atomic E-state index is 12.7. The van der Waals surface area contributed by atoms with Crippen LogP contribution in [0.2, 0.25) is 0 Å². The third-order valence-corrected chi connectivity index (χ3v) is 4.37. The van der Waals surface area contributed by atoms with E-state index in [2.05, 4.69) is 13.2 Å². The molecular weight excluding hydrogens is 238 g/mol. The Hall–Kier alpha value is -1.09. The Bertz CT molecular complexity index is 335. The first-order valence-electron chi connectivity index (χ1n) is 7.38. The van der Waals surface area contributed by atoms with Crippen molar-refractivity contribution in [2.24, 2.45) is 0 Å². The molecular formula is C16H25NO2. The van der Waals surface area contributed by atoms with Crippen LogP contribution in [0.4, 0.5) is 0 Å². The number of carbonyl (C=O) groups is 1. The summed E-state index contributed by atoms with van der Waals surface area (Å²) in [6.45, 7) is 9.28. The van der Waals surface area contributed by atoms with Gasteiger partial charge in [-0.3, -0.25) is 4.79 Å². The van der Waals surface area contributed by atoms with E-state index in [1.165, 1.54) is 0 Å². The normalized spacial score (nSPS) is 26.1. The van der Waals surface area contributed by atoms with Crippen LogP contribution in [0.5, 0.6) is 0 Å². The summed E-state index contributed by atoms with van der Waals surface area (Å²) in [7, 11) is 0. The average Bonchev–Trinajstić information content (AvgIpc) is 2.83. The number of ether oxygens (including phenoxy) is 1. The average molecular weight is 263 g/mol. The van der Waals surface area contributed by atoms with E-state index in [1.54, 1.807) is 0 Å². The number of amides is 1. The summed E-state index contributed by atoms with van der Waals surface area (Å²) in [5, 5.41) is 0. The van der Waals surface area contributed by atoms with Crippen LogP contribution in [-0.4, -0.2) is 35.6 Å². The van der Waals surface area contributed by atoms with Gasteiger partial charge in [0.05, 0.1) is 0 Å². The second-order valence-electron chi connectivity index (χ2n) is 5.66. The molecule has 0 radical (unpaired) electrons. The number of nitrogens with zero attached hydrogens (tertiary/aromatic N) is 1. The molecule has 106 valence electrons. The zero-order chi connectivity index (χ0) is 13.7. The van der Waals surface area contributed by atoms with E-state index in [0.717, 1.165) is 58.1 Å². The Morgan fingerprint density at radius 3 is 2.58 bits per heavy atom. The van der Waals surface area contributed by atoms with Crippen LogP contribution in [0.15, 0.2) is 25.3 Å². The first-order valence-corrected chi connectivity index (χ1v) is 7.38. The lowest BCUT2D eigenvalue weighted by Crippen LogP contribution is -2.51. The topological polar surface area (TPSA) is 29.5 Å². The fraction of sp³-hybridized carbons (Fsp3) is 0.688. The van der Waals surface area contributed by atoms with E-state index in [4.69, 9.17) is 4.74 Å². The minimum Gasteiger partial charge on any atom is -0.368 e. The lowest BCUT2D eigenvalue weighted by Gasteiger charge is -2.40. The molecule has 0 aromatic rings. The van der Waals surface area contributed by atoms with Gasteiger partial charge in [-0.15, -0.1) is 13.2 Å². The monoisotopic (exact) mass is 263 g/mol. The van der Waals surface area contributed by atoms with E-state index in [0.29, 0.717) is 0 Å². The molecule has 2 fully saturated rings. The molecule has 19 heavy (non-hydrogen) atoms. The standard InChI is InChI=1S/C16H25NO2/c1-3-9-16(10-4-2)11-7-12-17(16)15(18)14-8-5-6-13-19-14/h3-4,14H,1-2,5-13H2. The molecule has 0 spiro atoms. The van der Waals surface area contributed by atoms with Gasteiger partial charge in [-0.2, -0.15) is 0 Å². The molecule has 3 heteroatoms. The third-order valence-electron chi connectivity index (χ3n) is 4.37. The van der Waals surface area contributed by atoms with Gasteiger partial charge in [0.25, 0.3) is 5.91 Å². The van der Waals surface area contributed by atoms with E-state index in [9.17, 15) is 4.79 Å². The van der Waals surface area contributed by atoms with E-state index < -0.39 is 0 Å². The molecule has 1 unspecified atom stereocenters. The van der Waals surface area contributed by atoms with Crippen molar-refractivity contribution in [2.45, 2.75) is 56.6 Å². The summed E-state index contributed by atoms with van der Waals surface area (Å²) < 4.78 is 5.66. The molecule has 0 N–H and O–H groups in total. The minimum absolute atomic E-state index is 0.0958. The molecule has 2 aliphatic rings. The zero-order valence-corrected chi connectivity index (χ0v) is 11.8. The number of hydrogen-bond donors (Lipinski definition) is 0. The second kappa shape index (κ2) is 6.38. The number of rotatable bonds is 5. The second-order valence-corrected chi connectivity index (χ2v) is 5.66. The largest absolute Gasteiger partial charge is 0.368 e. The maximum absolute atomic E-state index is 12.7. The fourth-order valence-corrected chi connectivity index (χ4v) is 3.44. The van der Waals surface area contributed by atoms with Gasteiger partial charge in [-0.25, -0.2) is 0 Å². The Kier molecular flexibility index (Phi) is 4.81. The summed E-state index contributed by atoms with van der Waals surface area (Å²) in [6.07, 6.45) is 10.5. The van der Waals surface area contributed by atoms with Crippen molar-refractivity contribution in [1.29, 1.82) is 0 Å². The first kappa shape index (κ1) is 14.3. The predicted octanol–water partition coefficient (Wildman–Crippen LogP) is 3.07. The van der Waals surface area contributed by atoms with E-state index >= 15 is 0 Å². The number of hydrogen-bond acceptors (Lipinski definition) is 2. The highest BCUT2D eigenvalue weighted by atomic mass is 16.5. The van der Waals surface area contributed by atoms with Crippen LogP contribution < -0.4 is 0 Å². The van der Waals surface area contributed by atoms with Gasteiger partial charge >= 0.3 is 0 Å². The van der Waals surface area contributed by atoms with Crippen molar-refractivity contribution >= 4 is 5.91 Å². The number of likely N-dealkylation sites (tertiary alicyclic amines) is 1. The van der Waals surface area contributed by atoms with Crippen molar-refractivity contribution in [2.75, 3.05) is 13.2 Å². The molecule has 2 rings (SSSR count). The summed E-state index contributed by atoms with van der Waals surface area (Å²) in [4.78, 5) is 14.7. The molecule has 2 heterocycles. The highest BCUT2D eigenvalue weighted by molar-refractivity contribution is 5.82. The van der Waals surface area contributed by atoms with Crippen LogP contribution in [-0.2, 0) is 9.53 Å². The molecule has 2 aliphatic heterocycles. The van der Waals surface area contributed by atoms with Crippen molar-refractivity contribution < 1.29 is 9.53 Å². The summed E-state index contributed by atoms with van der Waals surface area (Å²) >= 11 is 0. The Labute approximate surface area is 116 Å². The Balaban J connectivity index is 2.12.